The van der Waals surface area contributed by atoms with Crippen molar-refractivity contribution in [2.24, 2.45) is 0 Å². The van der Waals surface area contributed by atoms with E-state index in [1.807, 2.05) is 6.07 Å². The zero-order chi connectivity index (χ0) is 10.2. The van der Waals surface area contributed by atoms with Crippen LogP contribution < -0.4 is 0 Å². The van der Waals surface area contributed by atoms with E-state index in [9.17, 15) is 0 Å². The zero-order valence-corrected chi connectivity index (χ0v) is 9.00. The third-order valence-electron chi connectivity index (χ3n) is 1.58. The topological polar surface area (TPSA) is 20.2 Å². The lowest BCUT2D eigenvalue weighted by atomic mass is 10.2. The zero-order valence-electron chi connectivity index (χ0n) is 8.18. The van der Waals surface area contributed by atoms with E-state index in [1.54, 1.807) is 18.3 Å². The molecule has 0 amide bonds. The standard InChI is InChI=1S/C10H8S.C2H6O/c1-2-5-9(6-3-1)10-7-4-8-11-10;1-2-3/h1-8H;3H,2H2,1H3. The SMILES string of the molecule is CCO.c1ccc(-c2cccs2)cc1. The summed E-state index contributed by atoms with van der Waals surface area (Å²) in [7, 11) is 0. The molecular weight excluding hydrogens is 192 g/mol. The van der Waals surface area contributed by atoms with E-state index < -0.39 is 0 Å². The van der Waals surface area contributed by atoms with Crippen molar-refractivity contribution >= 4 is 11.3 Å². The van der Waals surface area contributed by atoms with Gasteiger partial charge in [0.25, 0.3) is 0 Å². The molecule has 0 fully saturated rings. The van der Waals surface area contributed by atoms with Crippen LogP contribution in [0.2, 0.25) is 0 Å². The highest BCUT2D eigenvalue weighted by molar-refractivity contribution is 7.13. The molecule has 0 saturated heterocycles. The number of hydrogen-bond acceptors (Lipinski definition) is 2. The minimum atomic E-state index is 0.250. The van der Waals surface area contributed by atoms with Gasteiger partial charge in [-0.15, -0.1) is 11.3 Å². The molecule has 0 atom stereocenters. The molecular formula is C12H14OS. The Balaban J connectivity index is 0.000000293. The van der Waals surface area contributed by atoms with Crippen LogP contribution in [0, 0.1) is 0 Å². The van der Waals surface area contributed by atoms with Crippen LogP contribution >= 0.6 is 11.3 Å². The monoisotopic (exact) mass is 206 g/mol. The van der Waals surface area contributed by atoms with E-state index in [1.165, 1.54) is 10.4 Å². The quantitative estimate of drug-likeness (QED) is 0.758. The van der Waals surface area contributed by atoms with E-state index in [0.717, 1.165) is 0 Å². The van der Waals surface area contributed by atoms with Crippen molar-refractivity contribution in [3.05, 3.63) is 47.8 Å². The molecule has 1 N–H and O–H groups in total. The Hall–Kier alpha value is -1.12. The molecule has 0 aliphatic carbocycles. The Morgan fingerprint density at radius 3 is 2.21 bits per heavy atom. The van der Waals surface area contributed by atoms with Crippen molar-refractivity contribution < 1.29 is 5.11 Å². The Morgan fingerprint density at radius 1 is 1.07 bits per heavy atom. The molecule has 0 spiro atoms. The molecule has 0 bridgehead atoms. The number of hydrogen-bond donors (Lipinski definition) is 1. The summed E-state index contributed by atoms with van der Waals surface area (Å²) in [6.45, 7) is 1.93. The molecule has 1 aromatic heterocycles. The smallest absolute Gasteiger partial charge is 0.0402 e. The fourth-order valence-corrected chi connectivity index (χ4v) is 1.78. The Bertz CT molecular complexity index is 326. The van der Waals surface area contributed by atoms with E-state index >= 15 is 0 Å². The van der Waals surface area contributed by atoms with Gasteiger partial charge in [0, 0.05) is 11.5 Å². The van der Waals surface area contributed by atoms with Crippen LogP contribution in [0.25, 0.3) is 10.4 Å². The predicted octanol–water partition coefficient (Wildman–Crippen LogP) is 3.41. The van der Waals surface area contributed by atoms with Crippen LogP contribution in [-0.2, 0) is 0 Å². The van der Waals surface area contributed by atoms with Crippen molar-refractivity contribution in [3.8, 4) is 10.4 Å². The third-order valence-corrected chi connectivity index (χ3v) is 2.50. The molecule has 0 aliphatic heterocycles. The van der Waals surface area contributed by atoms with Gasteiger partial charge in [-0.2, -0.15) is 0 Å². The second kappa shape index (κ2) is 6.35. The number of benzene rings is 1. The van der Waals surface area contributed by atoms with E-state index in [0.29, 0.717) is 0 Å². The van der Waals surface area contributed by atoms with Crippen molar-refractivity contribution in [2.75, 3.05) is 6.61 Å². The lowest BCUT2D eigenvalue weighted by molar-refractivity contribution is 0.318. The minimum Gasteiger partial charge on any atom is -0.397 e. The van der Waals surface area contributed by atoms with Gasteiger partial charge in [0.15, 0.2) is 0 Å². The minimum absolute atomic E-state index is 0.250. The fourth-order valence-electron chi connectivity index (χ4n) is 1.05. The lowest BCUT2D eigenvalue weighted by Gasteiger charge is -1.93. The van der Waals surface area contributed by atoms with Gasteiger partial charge in [0.1, 0.15) is 0 Å². The molecule has 1 nitrogen and oxygen atoms in total. The van der Waals surface area contributed by atoms with Crippen molar-refractivity contribution in [3.63, 3.8) is 0 Å². The maximum atomic E-state index is 7.57. The molecule has 0 radical (unpaired) electrons. The van der Waals surface area contributed by atoms with Crippen LogP contribution in [0.15, 0.2) is 47.8 Å². The van der Waals surface area contributed by atoms with Gasteiger partial charge in [-0.25, -0.2) is 0 Å². The van der Waals surface area contributed by atoms with Crippen LogP contribution in [0.1, 0.15) is 6.92 Å². The Morgan fingerprint density at radius 2 is 1.71 bits per heavy atom. The highest BCUT2D eigenvalue weighted by Gasteiger charge is 1.93. The van der Waals surface area contributed by atoms with Gasteiger partial charge in [-0.1, -0.05) is 36.4 Å². The fraction of sp³-hybridized carbons (Fsp3) is 0.167. The lowest BCUT2D eigenvalue weighted by Crippen LogP contribution is -1.67. The average molecular weight is 206 g/mol. The van der Waals surface area contributed by atoms with Crippen LogP contribution in [0.5, 0.6) is 0 Å². The summed E-state index contributed by atoms with van der Waals surface area (Å²) in [6, 6.07) is 14.6. The number of rotatable bonds is 1. The van der Waals surface area contributed by atoms with Gasteiger partial charge < -0.3 is 5.11 Å². The average Bonchev–Trinajstić information content (AvgIpc) is 2.73. The molecule has 2 aromatic rings. The van der Waals surface area contributed by atoms with Gasteiger partial charge in [0.2, 0.25) is 0 Å². The highest BCUT2D eigenvalue weighted by atomic mass is 32.1. The second-order valence-corrected chi connectivity index (χ2v) is 3.61. The number of thiophene rings is 1. The maximum Gasteiger partial charge on any atom is 0.0402 e. The first-order valence-electron chi connectivity index (χ1n) is 4.58. The molecule has 2 rings (SSSR count). The Kier molecular flexibility index (Phi) is 4.97. The van der Waals surface area contributed by atoms with Gasteiger partial charge in [0.05, 0.1) is 0 Å². The molecule has 14 heavy (non-hydrogen) atoms. The van der Waals surface area contributed by atoms with Gasteiger partial charge >= 0.3 is 0 Å². The van der Waals surface area contributed by atoms with Crippen LogP contribution in [0.3, 0.4) is 0 Å². The predicted molar refractivity (Wildman–Crippen MR) is 62.5 cm³/mol. The maximum absolute atomic E-state index is 7.57. The number of aliphatic hydroxyl groups is 1. The number of aliphatic hydroxyl groups excluding tert-OH is 1. The second-order valence-electron chi connectivity index (χ2n) is 2.66. The summed E-state index contributed by atoms with van der Waals surface area (Å²) in [5.41, 5.74) is 1.31. The molecule has 0 aliphatic rings. The van der Waals surface area contributed by atoms with Crippen molar-refractivity contribution in [2.45, 2.75) is 6.92 Å². The van der Waals surface area contributed by atoms with Crippen molar-refractivity contribution in [1.29, 1.82) is 0 Å². The molecule has 0 saturated carbocycles. The van der Waals surface area contributed by atoms with Gasteiger partial charge in [-0.05, 0) is 23.9 Å². The summed E-state index contributed by atoms with van der Waals surface area (Å²) in [6.07, 6.45) is 0. The summed E-state index contributed by atoms with van der Waals surface area (Å²) < 4.78 is 0. The third kappa shape index (κ3) is 3.32. The molecule has 1 aromatic carbocycles. The summed E-state index contributed by atoms with van der Waals surface area (Å²) in [5, 5.41) is 9.67. The molecule has 74 valence electrons. The molecule has 1 heterocycles. The molecule has 2 heteroatoms. The van der Waals surface area contributed by atoms with E-state index in [4.69, 9.17) is 5.11 Å². The first kappa shape index (κ1) is 11.0. The summed E-state index contributed by atoms with van der Waals surface area (Å²) in [5.74, 6) is 0. The Labute approximate surface area is 88.7 Å². The van der Waals surface area contributed by atoms with Crippen LogP contribution in [0.4, 0.5) is 0 Å². The van der Waals surface area contributed by atoms with E-state index in [2.05, 4.69) is 41.8 Å². The summed E-state index contributed by atoms with van der Waals surface area (Å²) in [4.78, 5) is 1.34. The summed E-state index contributed by atoms with van der Waals surface area (Å²) >= 11 is 1.78. The van der Waals surface area contributed by atoms with Crippen molar-refractivity contribution in [1.82, 2.24) is 0 Å². The first-order valence-corrected chi connectivity index (χ1v) is 5.46. The normalized spacial score (nSPS) is 9.00. The molecule has 0 unspecified atom stereocenters. The largest absolute Gasteiger partial charge is 0.397 e. The first-order chi connectivity index (χ1) is 6.88. The van der Waals surface area contributed by atoms with E-state index in [-0.39, 0.29) is 6.61 Å². The highest BCUT2D eigenvalue weighted by Crippen LogP contribution is 2.23. The van der Waals surface area contributed by atoms with Gasteiger partial charge in [-0.3, -0.25) is 0 Å². The van der Waals surface area contributed by atoms with Crippen LogP contribution in [-0.4, -0.2) is 11.7 Å².